The van der Waals surface area contributed by atoms with Gasteiger partial charge in [0.15, 0.2) is 0 Å². The van der Waals surface area contributed by atoms with Crippen LogP contribution < -0.4 is 0 Å². The lowest BCUT2D eigenvalue weighted by Gasteiger charge is -2.52. The van der Waals surface area contributed by atoms with Gasteiger partial charge in [-0.2, -0.15) is 0 Å². The van der Waals surface area contributed by atoms with Crippen LogP contribution >= 0.6 is 0 Å². The number of aliphatic hydroxyl groups excluding tert-OH is 1. The van der Waals surface area contributed by atoms with Crippen LogP contribution in [0, 0.1) is 12.8 Å². The molecule has 1 spiro atoms. The van der Waals surface area contributed by atoms with E-state index in [0.717, 1.165) is 37.2 Å². The Balaban J connectivity index is 1.69. The first-order valence-corrected chi connectivity index (χ1v) is 7.23. The molecule has 1 atom stereocenters. The van der Waals surface area contributed by atoms with E-state index in [1.165, 1.54) is 0 Å². The van der Waals surface area contributed by atoms with Crippen LogP contribution in [0.3, 0.4) is 0 Å². The van der Waals surface area contributed by atoms with Gasteiger partial charge in [-0.1, -0.05) is 18.2 Å². The van der Waals surface area contributed by atoms with Gasteiger partial charge in [0.1, 0.15) is 0 Å². The quantitative estimate of drug-likeness (QED) is 0.879. The van der Waals surface area contributed by atoms with Crippen LogP contribution in [0.5, 0.6) is 0 Å². The van der Waals surface area contributed by atoms with E-state index in [1.807, 2.05) is 36.1 Å². The van der Waals surface area contributed by atoms with Crippen LogP contribution in [0.2, 0.25) is 0 Å². The van der Waals surface area contributed by atoms with Gasteiger partial charge in [-0.3, -0.25) is 9.69 Å². The molecule has 1 N–H and O–H groups in total. The molecule has 1 amide bonds. The third-order valence-electron chi connectivity index (χ3n) is 4.90. The minimum absolute atomic E-state index is 0.103. The lowest BCUT2D eigenvalue weighted by atomic mass is 9.84. The molecule has 0 aromatic heterocycles. The van der Waals surface area contributed by atoms with Crippen molar-refractivity contribution in [2.75, 3.05) is 33.3 Å². The van der Waals surface area contributed by atoms with Crippen molar-refractivity contribution in [1.82, 2.24) is 9.80 Å². The molecule has 2 aliphatic heterocycles. The zero-order chi connectivity index (χ0) is 14.3. The second-order valence-corrected chi connectivity index (χ2v) is 6.33. The summed E-state index contributed by atoms with van der Waals surface area (Å²) in [5.74, 6) is 0.491. The number of aryl methyl sites for hydroxylation is 1. The van der Waals surface area contributed by atoms with Gasteiger partial charge in [0.2, 0.25) is 0 Å². The first kappa shape index (κ1) is 13.6. The Labute approximate surface area is 120 Å². The number of hydrogen-bond donors (Lipinski definition) is 1. The second kappa shape index (κ2) is 4.86. The molecule has 2 heterocycles. The molecule has 0 unspecified atom stereocenters. The van der Waals surface area contributed by atoms with Crippen LogP contribution in [0.1, 0.15) is 22.3 Å². The fourth-order valence-corrected chi connectivity index (χ4v) is 3.62. The Morgan fingerprint density at radius 1 is 1.40 bits per heavy atom. The van der Waals surface area contributed by atoms with Gasteiger partial charge < -0.3 is 10.0 Å². The highest BCUT2D eigenvalue weighted by Crippen LogP contribution is 2.39. The van der Waals surface area contributed by atoms with Gasteiger partial charge in [0.05, 0.1) is 5.54 Å². The Morgan fingerprint density at radius 3 is 2.70 bits per heavy atom. The maximum Gasteiger partial charge on any atom is 0.254 e. The van der Waals surface area contributed by atoms with E-state index in [4.69, 9.17) is 0 Å². The molecule has 0 aliphatic carbocycles. The Hall–Kier alpha value is -1.39. The van der Waals surface area contributed by atoms with Gasteiger partial charge in [0.25, 0.3) is 5.91 Å². The average Bonchev–Trinajstić information content (AvgIpc) is 2.74. The van der Waals surface area contributed by atoms with E-state index in [1.54, 1.807) is 0 Å². The summed E-state index contributed by atoms with van der Waals surface area (Å²) in [6.07, 6.45) is 0.998. The molecular weight excluding hydrogens is 252 g/mol. The minimum atomic E-state index is 0.103. The molecule has 2 fully saturated rings. The van der Waals surface area contributed by atoms with E-state index < -0.39 is 0 Å². The highest BCUT2D eigenvalue weighted by atomic mass is 16.3. The van der Waals surface area contributed by atoms with E-state index in [-0.39, 0.29) is 18.1 Å². The molecule has 108 valence electrons. The van der Waals surface area contributed by atoms with Crippen molar-refractivity contribution >= 4 is 5.91 Å². The number of benzene rings is 1. The van der Waals surface area contributed by atoms with Crippen LogP contribution in [0.25, 0.3) is 0 Å². The van der Waals surface area contributed by atoms with Crippen LogP contribution in [-0.4, -0.2) is 59.6 Å². The van der Waals surface area contributed by atoms with Crippen LogP contribution in [0.15, 0.2) is 24.3 Å². The van der Waals surface area contributed by atoms with E-state index in [0.29, 0.717) is 5.92 Å². The minimum Gasteiger partial charge on any atom is -0.396 e. The van der Waals surface area contributed by atoms with Crippen molar-refractivity contribution in [3.63, 3.8) is 0 Å². The summed E-state index contributed by atoms with van der Waals surface area (Å²) in [6, 6.07) is 7.75. The standard InChI is InChI=1S/C16H22N2O2/c1-12-5-3-4-6-14(12)15(20)18-10-16(11-18)7-13(9-19)8-17(16)2/h3-6,13,19H,7-11H2,1-2H3/t13-/m0/s1. The molecular formula is C16H22N2O2. The molecule has 4 nitrogen and oxygen atoms in total. The lowest BCUT2D eigenvalue weighted by Crippen LogP contribution is -2.68. The summed E-state index contributed by atoms with van der Waals surface area (Å²) in [5, 5.41) is 9.32. The van der Waals surface area contributed by atoms with Gasteiger partial charge in [0, 0.05) is 31.8 Å². The number of carbonyl (C=O) groups excluding carboxylic acids is 1. The third-order valence-corrected chi connectivity index (χ3v) is 4.90. The maximum absolute atomic E-state index is 12.5. The average molecular weight is 274 g/mol. The fraction of sp³-hybridized carbons (Fsp3) is 0.562. The zero-order valence-corrected chi connectivity index (χ0v) is 12.2. The predicted molar refractivity (Wildman–Crippen MR) is 77.6 cm³/mol. The molecule has 2 saturated heterocycles. The topological polar surface area (TPSA) is 43.8 Å². The molecule has 1 aromatic carbocycles. The first-order chi connectivity index (χ1) is 9.55. The van der Waals surface area contributed by atoms with E-state index in [9.17, 15) is 9.90 Å². The lowest BCUT2D eigenvalue weighted by molar-refractivity contribution is -0.00779. The molecule has 0 bridgehead atoms. The number of nitrogens with zero attached hydrogens (tertiary/aromatic N) is 2. The van der Waals surface area contributed by atoms with E-state index in [2.05, 4.69) is 11.9 Å². The third kappa shape index (κ3) is 2.03. The number of likely N-dealkylation sites (tertiary alicyclic amines) is 2. The second-order valence-electron chi connectivity index (χ2n) is 6.33. The monoisotopic (exact) mass is 274 g/mol. The number of likely N-dealkylation sites (N-methyl/N-ethyl adjacent to an activating group) is 1. The Morgan fingerprint density at radius 2 is 2.10 bits per heavy atom. The molecule has 4 heteroatoms. The van der Waals surface area contributed by atoms with Gasteiger partial charge in [-0.15, -0.1) is 0 Å². The highest BCUT2D eigenvalue weighted by Gasteiger charge is 2.53. The number of aliphatic hydroxyl groups is 1. The van der Waals surface area contributed by atoms with Crippen molar-refractivity contribution in [2.24, 2.45) is 5.92 Å². The van der Waals surface area contributed by atoms with Crippen LogP contribution in [-0.2, 0) is 0 Å². The van der Waals surface area contributed by atoms with E-state index >= 15 is 0 Å². The molecule has 1 aromatic rings. The van der Waals surface area contributed by atoms with Gasteiger partial charge in [-0.25, -0.2) is 0 Å². The van der Waals surface area contributed by atoms with Crippen molar-refractivity contribution < 1.29 is 9.90 Å². The fourth-order valence-electron chi connectivity index (χ4n) is 3.62. The molecule has 0 saturated carbocycles. The largest absolute Gasteiger partial charge is 0.396 e. The van der Waals surface area contributed by atoms with Crippen molar-refractivity contribution in [1.29, 1.82) is 0 Å². The number of amides is 1. The van der Waals surface area contributed by atoms with Crippen molar-refractivity contribution in [3.05, 3.63) is 35.4 Å². The normalized spacial score (nSPS) is 24.9. The molecule has 0 radical (unpaired) electrons. The smallest absolute Gasteiger partial charge is 0.254 e. The highest BCUT2D eigenvalue weighted by molar-refractivity contribution is 5.96. The molecule has 2 aliphatic rings. The summed E-state index contributed by atoms with van der Waals surface area (Å²) in [5.41, 5.74) is 1.94. The zero-order valence-electron chi connectivity index (χ0n) is 12.2. The number of carbonyl (C=O) groups is 1. The maximum atomic E-state index is 12.5. The molecule has 20 heavy (non-hydrogen) atoms. The Kier molecular flexibility index (Phi) is 3.30. The summed E-state index contributed by atoms with van der Waals surface area (Å²) in [4.78, 5) is 16.7. The van der Waals surface area contributed by atoms with Crippen LogP contribution in [0.4, 0.5) is 0 Å². The predicted octanol–water partition coefficient (Wildman–Crippen LogP) is 1.13. The number of rotatable bonds is 2. The van der Waals surface area contributed by atoms with Crippen molar-refractivity contribution in [3.8, 4) is 0 Å². The SMILES string of the molecule is Cc1ccccc1C(=O)N1CC2(C[C@H](CO)CN2C)C1. The molecule has 3 rings (SSSR count). The number of hydrogen-bond acceptors (Lipinski definition) is 3. The van der Waals surface area contributed by atoms with Gasteiger partial charge in [-0.05, 0) is 37.9 Å². The summed E-state index contributed by atoms with van der Waals surface area (Å²) in [7, 11) is 2.10. The summed E-state index contributed by atoms with van der Waals surface area (Å²) in [6.45, 7) is 4.73. The van der Waals surface area contributed by atoms with Crippen molar-refractivity contribution in [2.45, 2.75) is 18.9 Å². The van der Waals surface area contributed by atoms with Gasteiger partial charge >= 0.3 is 0 Å². The summed E-state index contributed by atoms with van der Waals surface area (Å²) < 4.78 is 0. The first-order valence-electron chi connectivity index (χ1n) is 7.23. The summed E-state index contributed by atoms with van der Waals surface area (Å²) >= 11 is 0. The Bertz CT molecular complexity index is 523.